The lowest BCUT2D eigenvalue weighted by Gasteiger charge is -2.27. The number of carboxylic acid groups (broad SMARTS) is 1. The molecule has 1 atom stereocenters. The topological polar surface area (TPSA) is 99.3 Å². The van der Waals surface area contributed by atoms with Crippen LogP contribution in [-0.2, 0) is 4.79 Å². The van der Waals surface area contributed by atoms with Crippen LogP contribution in [0.1, 0.15) is 48.5 Å². The zero-order valence-corrected chi connectivity index (χ0v) is 11.4. The molecule has 6 heteroatoms. The number of hydrogen-bond acceptors (Lipinski definition) is 3. The maximum absolute atomic E-state index is 11.9. The van der Waals surface area contributed by atoms with Crippen LogP contribution in [0.3, 0.4) is 0 Å². The van der Waals surface area contributed by atoms with Crippen LogP contribution in [0, 0.1) is 5.41 Å². The Kier molecular flexibility index (Phi) is 4.14. The number of rotatable bonds is 4. The molecule has 3 N–H and O–H groups in total. The minimum absolute atomic E-state index is 0.166. The highest BCUT2D eigenvalue weighted by atomic mass is 16.4. The quantitative estimate of drug-likeness (QED) is 0.718. The lowest BCUT2D eigenvalue weighted by Crippen LogP contribution is -2.49. The van der Waals surface area contributed by atoms with Crippen LogP contribution in [0.15, 0.2) is 12.3 Å². The molecule has 1 amide bonds. The van der Waals surface area contributed by atoms with Gasteiger partial charge in [-0.05, 0) is 18.4 Å². The number of amides is 1. The normalized spacial score (nSPS) is 12.8. The molecule has 19 heavy (non-hydrogen) atoms. The standard InChI is InChI=1S/C13H18N2O4/c1-7(16)8-5-9(14-6-8)11(17)15-10(12(18)19)13(2,3)4/h5-6,10,14H,1-4H3,(H,15,17)(H,18,19)/t10-/m0/s1. The van der Waals surface area contributed by atoms with Crippen molar-refractivity contribution >= 4 is 17.7 Å². The Morgan fingerprint density at radius 3 is 2.26 bits per heavy atom. The second-order valence-corrected chi connectivity index (χ2v) is 5.47. The van der Waals surface area contributed by atoms with E-state index in [-0.39, 0.29) is 11.5 Å². The van der Waals surface area contributed by atoms with E-state index in [4.69, 9.17) is 5.11 Å². The van der Waals surface area contributed by atoms with E-state index in [0.717, 1.165) is 0 Å². The molecule has 0 unspecified atom stereocenters. The SMILES string of the molecule is CC(=O)c1c[nH]c(C(=O)N[C@@H](C(=O)O)C(C)(C)C)c1. The minimum atomic E-state index is -1.10. The van der Waals surface area contributed by atoms with Crippen molar-refractivity contribution in [1.82, 2.24) is 10.3 Å². The lowest BCUT2D eigenvalue weighted by atomic mass is 9.86. The molecule has 0 spiro atoms. The van der Waals surface area contributed by atoms with Gasteiger partial charge in [-0.1, -0.05) is 20.8 Å². The molecule has 0 aliphatic rings. The Bertz CT molecular complexity index is 511. The van der Waals surface area contributed by atoms with Gasteiger partial charge in [0, 0.05) is 11.8 Å². The first kappa shape index (κ1) is 14.9. The molecular formula is C13H18N2O4. The Morgan fingerprint density at radius 2 is 1.89 bits per heavy atom. The Labute approximate surface area is 111 Å². The summed E-state index contributed by atoms with van der Waals surface area (Å²) in [5, 5.41) is 11.6. The molecule has 0 aromatic carbocycles. The Hall–Kier alpha value is -2.11. The van der Waals surface area contributed by atoms with Gasteiger partial charge >= 0.3 is 5.97 Å². The van der Waals surface area contributed by atoms with Crippen LogP contribution in [-0.4, -0.2) is 33.8 Å². The van der Waals surface area contributed by atoms with Crippen LogP contribution in [0.25, 0.3) is 0 Å². The lowest BCUT2D eigenvalue weighted by molar-refractivity contribution is -0.142. The number of carboxylic acids is 1. The van der Waals surface area contributed by atoms with E-state index < -0.39 is 23.3 Å². The summed E-state index contributed by atoms with van der Waals surface area (Å²) in [6, 6.07) is 0.392. The highest BCUT2D eigenvalue weighted by Gasteiger charge is 2.33. The first-order valence-electron chi connectivity index (χ1n) is 5.86. The molecule has 104 valence electrons. The number of ketones is 1. The summed E-state index contributed by atoms with van der Waals surface area (Å²) in [5.74, 6) is -1.81. The fraction of sp³-hybridized carbons (Fsp3) is 0.462. The molecule has 0 aliphatic carbocycles. The van der Waals surface area contributed by atoms with Gasteiger partial charge < -0.3 is 15.4 Å². The van der Waals surface area contributed by atoms with Crippen molar-refractivity contribution in [2.24, 2.45) is 5.41 Å². The van der Waals surface area contributed by atoms with E-state index in [1.165, 1.54) is 19.2 Å². The maximum atomic E-state index is 11.9. The van der Waals surface area contributed by atoms with Crippen LogP contribution in [0.5, 0.6) is 0 Å². The van der Waals surface area contributed by atoms with E-state index in [2.05, 4.69) is 10.3 Å². The number of carbonyl (C=O) groups excluding carboxylic acids is 2. The predicted octanol–water partition coefficient (Wildman–Crippen LogP) is 1.45. The van der Waals surface area contributed by atoms with Crippen molar-refractivity contribution < 1.29 is 19.5 Å². The van der Waals surface area contributed by atoms with Gasteiger partial charge in [0.2, 0.25) is 0 Å². The van der Waals surface area contributed by atoms with Gasteiger partial charge in [-0.2, -0.15) is 0 Å². The van der Waals surface area contributed by atoms with Gasteiger partial charge in [-0.25, -0.2) is 4.79 Å². The van der Waals surface area contributed by atoms with Gasteiger partial charge in [0.1, 0.15) is 11.7 Å². The number of hydrogen-bond donors (Lipinski definition) is 3. The van der Waals surface area contributed by atoms with E-state index >= 15 is 0 Å². The summed E-state index contributed by atoms with van der Waals surface area (Å²) in [6.45, 7) is 6.56. The van der Waals surface area contributed by atoms with Crippen LogP contribution in [0.4, 0.5) is 0 Å². The number of Topliss-reactive ketones (excluding diaryl/α,β-unsaturated/α-hetero) is 1. The minimum Gasteiger partial charge on any atom is -0.480 e. The van der Waals surface area contributed by atoms with E-state index in [9.17, 15) is 14.4 Å². The van der Waals surface area contributed by atoms with E-state index in [1.807, 2.05) is 0 Å². The van der Waals surface area contributed by atoms with Gasteiger partial charge in [-0.15, -0.1) is 0 Å². The number of aromatic amines is 1. The molecule has 0 aliphatic heterocycles. The molecule has 6 nitrogen and oxygen atoms in total. The second-order valence-electron chi connectivity index (χ2n) is 5.47. The Morgan fingerprint density at radius 1 is 1.32 bits per heavy atom. The largest absolute Gasteiger partial charge is 0.480 e. The number of H-pyrrole nitrogens is 1. The van der Waals surface area contributed by atoms with E-state index in [0.29, 0.717) is 5.56 Å². The van der Waals surface area contributed by atoms with Gasteiger partial charge in [-0.3, -0.25) is 9.59 Å². The zero-order chi connectivity index (χ0) is 14.8. The summed E-state index contributed by atoms with van der Waals surface area (Å²) in [5.41, 5.74) is -0.0641. The van der Waals surface area contributed by atoms with Crippen LogP contribution < -0.4 is 5.32 Å². The number of carbonyl (C=O) groups is 3. The number of aromatic nitrogens is 1. The fourth-order valence-corrected chi connectivity index (χ4v) is 1.59. The third-order valence-corrected chi connectivity index (χ3v) is 2.72. The average Bonchev–Trinajstić information content (AvgIpc) is 2.72. The summed E-state index contributed by atoms with van der Waals surface area (Å²) in [7, 11) is 0. The van der Waals surface area contributed by atoms with Crippen molar-refractivity contribution in [3.63, 3.8) is 0 Å². The van der Waals surface area contributed by atoms with Crippen molar-refractivity contribution in [3.8, 4) is 0 Å². The zero-order valence-electron chi connectivity index (χ0n) is 11.4. The molecule has 0 fully saturated rings. The third kappa shape index (κ3) is 3.67. The van der Waals surface area contributed by atoms with Crippen molar-refractivity contribution in [1.29, 1.82) is 0 Å². The Balaban J connectivity index is 2.88. The summed E-state index contributed by atoms with van der Waals surface area (Å²) in [4.78, 5) is 36.9. The second kappa shape index (κ2) is 5.26. The third-order valence-electron chi connectivity index (χ3n) is 2.72. The summed E-state index contributed by atoms with van der Waals surface area (Å²) < 4.78 is 0. The van der Waals surface area contributed by atoms with Crippen molar-refractivity contribution in [3.05, 3.63) is 23.5 Å². The first-order chi connectivity index (χ1) is 8.62. The first-order valence-corrected chi connectivity index (χ1v) is 5.86. The van der Waals surface area contributed by atoms with Gasteiger partial charge in [0.15, 0.2) is 5.78 Å². The number of aliphatic carboxylic acids is 1. The predicted molar refractivity (Wildman–Crippen MR) is 69.1 cm³/mol. The fourth-order valence-electron chi connectivity index (χ4n) is 1.59. The molecule has 1 aromatic heterocycles. The van der Waals surface area contributed by atoms with E-state index in [1.54, 1.807) is 20.8 Å². The summed E-state index contributed by atoms with van der Waals surface area (Å²) >= 11 is 0. The van der Waals surface area contributed by atoms with Crippen LogP contribution >= 0.6 is 0 Å². The highest BCUT2D eigenvalue weighted by Crippen LogP contribution is 2.20. The molecular weight excluding hydrogens is 248 g/mol. The van der Waals surface area contributed by atoms with Crippen molar-refractivity contribution in [2.75, 3.05) is 0 Å². The van der Waals surface area contributed by atoms with Crippen molar-refractivity contribution in [2.45, 2.75) is 33.7 Å². The average molecular weight is 266 g/mol. The van der Waals surface area contributed by atoms with Gasteiger partial charge in [0.25, 0.3) is 5.91 Å². The molecule has 0 radical (unpaired) electrons. The van der Waals surface area contributed by atoms with Gasteiger partial charge in [0.05, 0.1) is 0 Å². The molecule has 1 aromatic rings. The summed E-state index contributed by atoms with van der Waals surface area (Å²) in [6.07, 6.45) is 1.42. The monoisotopic (exact) mass is 266 g/mol. The maximum Gasteiger partial charge on any atom is 0.326 e. The smallest absolute Gasteiger partial charge is 0.326 e. The molecule has 1 rings (SSSR count). The molecule has 1 heterocycles. The number of nitrogens with one attached hydrogen (secondary N) is 2. The molecule has 0 saturated heterocycles. The highest BCUT2D eigenvalue weighted by molar-refractivity contribution is 6.00. The van der Waals surface area contributed by atoms with Crippen LogP contribution in [0.2, 0.25) is 0 Å². The molecule has 0 saturated carbocycles. The molecule has 0 bridgehead atoms.